The lowest BCUT2D eigenvalue weighted by Gasteiger charge is -2.37. The fourth-order valence-electron chi connectivity index (χ4n) is 2.45. The summed E-state index contributed by atoms with van der Waals surface area (Å²) in [5.41, 5.74) is 0.992. The van der Waals surface area contributed by atoms with Crippen LogP contribution in [0, 0.1) is 5.82 Å². The highest BCUT2D eigenvalue weighted by Gasteiger charge is 2.31. The smallest absolute Gasteiger partial charge is 0.127 e. The van der Waals surface area contributed by atoms with Gasteiger partial charge in [0.05, 0.1) is 0 Å². The quantitative estimate of drug-likeness (QED) is 0.873. The van der Waals surface area contributed by atoms with E-state index in [1.807, 2.05) is 6.07 Å². The monoisotopic (exact) mass is 265 g/mol. The highest BCUT2D eigenvalue weighted by atomic mass is 19.1. The Kier molecular flexibility index (Phi) is 4.46. The van der Waals surface area contributed by atoms with Crippen molar-refractivity contribution in [1.29, 1.82) is 0 Å². The minimum Gasteiger partial charge on any atom is -0.490 e. The largest absolute Gasteiger partial charge is 0.490 e. The summed E-state index contributed by atoms with van der Waals surface area (Å²) in [6.45, 7) is 8.42. The van der Waals surface area contributed by atoms with Crippen LogP contribution < -0.4 is 10.1 Å². The summed E-state index contributed by atoms with van der Waals surface area (Å²) < 4.78 is 19.4. The Balaban J connectivity index is 1.91. The third-order valence-corrected chi connectivity index (χ3v) is 3.53. The van der Waals surface area contributed by atoms with Crippen LogP contribution in [-0.4, -0.2) is 18.2 Å². The molecule has 2 nitrogen and oxygen atoms in total. The van der Waals surface area contributed by atoms with E-state index in [0.29, 0.717) is 23.8 Å². The van der Waals surface area contributed by atoms with Crippen molar-refractivity contribution in [3.8, 4) is 5.75 Å². The third kappa shape index (κ3) is 3.93. The molecule has 106 valence electrons. The van der Waals surface area contributed by atoms with Crippen molar-refractivity contribution >= 4 is 0 Å². The summed E-state index contributed by atoms with van der Waals surface area (Å²) in [6.07, 6.45) is 2.23. The molecule has 0 radical (unpaired) electrons. The second-order valence-electron chi connectivity index (χ2n) is 6.10. The van der Waals surface area contributed by atoms with Gasteiger partial charge in [0.1, 0.15) is 17.7 Å². The van der Waals surface area contributed by atoms with Gasteiger partial charge in [-0.25, -0.2) is 4.39 Å². The lowest BCUT2D eigenvalue weighted by Crippen LogP contribution is -2.49. The molecule has 1 aliphatic carbocycles. The molecule has 2 rings (SSSR count). The van der Waals surface area contributed by atoms with Crippen molar-refractivity contribution in [3.05, 3.63) is 29.6 Å². The van der Waals surface area contributed by atoms with Gasteiger partial charge in [-0.15, -0.1) is 0 Å². The number of benzene rings is 1. The first kappa shape index (κ1) is 14.3. The molecular formula is C16H24FNO. The molecular weight excluding hydrogens is 241 g/mol. The molecule has 3 heteroatoms. The van der Waals surface area contributed by atoms with Gasteiger partial charge in [-0.2, -0.15) is 0 Å². The molecule has 1 fully saturated rings. The Morgan fingerprint density at radius 2 is 1.84 bits per heavy atom. The maximum atomic E-state index is 13.5. The van der Waals surface area contributed by atoms with Gasteiger partial charge in [-0.05, 0) is 36.5 Å². The zero-order valence-corrected chi connectivity index (χ0v) is 12.2. The highest BCUT2D eigenvalue weighted by molar-refractivity contribution is 5.31. The van der Waals surface area contributed by atoms with E-state index in [1.54, 1.807) is 6.07 Å². The SMILES string of the molecule is CC(C)N[C@H]1C[C@H](Oc2cc(F)cc(C(C)C)c2)C1. The maximum absolute atomic E-state index is 13.5. The van der Waals surface area contributed by atoms with E-state index in [1.165, 1.54) is 6.07 Å². The van der Waals surface area contributed by atoms with Gasteiger partial charge >= 0.3 is 0 Å². The standard InChI is InChI=1S/C16H24FNO/c1-10(2)12-5-13(17)7-15(6-12)19-16-8-14(9-16)18-11(3)4/h5-7,10-11,14,16,18H,8-9H2,1-4H3/t14-,16-. The first-order chi connectivity index (χ1) is 8.94. The van der Waals surface area contributed by atoms with E-state index in [9.17, 15) is 4.39 Å². The number of hydrogen-bond acceptors (Lipinski definition) is 2. The fraction of sp³-hybridized carbons (Fsp3) is 0.625. The predicted octanol–water partition coefficient (Wildman–Crippen LogP) is 3.86. The number of nitrogens with one attached hydrogen (secondary N) is 1. The second-order valence-corrected chi connectivity index (χ2v) is 6.10. The van der Waals surface area contributed by atoms with Crippen LogP contribution in [0.25, 0.3) is 0 Å². The normalized spacial score (nSPS) is 22.7. The van der Waals surface area contributed by atoms with Crippen LogP contribution in [0.2, 0.25) is 0 Å². The van der Waals surface area contributed by atoms with Crippen LogP contribution in [0.5, 0.6) is 5.75 Å². The van der Waals surface area contributed by atoms with Crippen molar-refractivity contribution < 1.29 is 9.13 Å². The number of halogens is 1. The predicted molar refractivity (Wildman–Crippen MR) is 76.2 cm³/mol. The topological polar surface area (TPSA) is 21.3 Å². The van der Waals surface area contributed by atoms with Crippen LogP contribution in [0.3, 0.4) is 0 Å². The van der Waals surface area contributed by atoms with Gasteiger partial charge in [0, 0.05) is 18.2 Å². The molecule has 1 aliphatic rings. The van der Waals surface area contributed by atoms with Crippen LogP contribution in [0.15, 0.2) is 18.2 Å². The highest BCUT2D eigenvalue weighted by Crippen LogP contribution is 2.29. The Morgan fingerprint density at radius 3 is 2.42 bits per heavy atom. The van der Waals surface area contributed by atoms with Crippen molar-refractivity contribution in [2.75, 3.05) is 0 Å². The molecule has 19 heavy (non-hydrogen) atoms. The molecule has 1 N–H and O–H groups in total. The van der Waals surface area contributed by atoms with E-state index >= 15 is 0 Å². The molecule has 1 aromatic rings. The van der Waals surface area contributed by atoms with Crippen molar-refractivity contribution in [2.45, 2.75) is 64.6 Å². The molecule has 0 unspecified atom stereocenters. The minimum atomic E-state index is -0.211. The Labute approximate surface area is 115 Å². The Morgan fingerprint density at radius 1 is 1.16 bits per heavy atom. The number of hydrogen-bond donors (Lipinski definition) is 1. The summed E-state index contributed by atoms with van der Waals surface area (Å²) >= 11 is 0. The van der Waals surface area contributed by atoms with E-state index < -0.39 is 0 Å². The zero-order valence-electron chi connectivity index (χ0n) is 12.2. The van der Waals surface area contributed by atoms with Crippen molar-refractivity contribution in [1.82, 2.24) is 5.32 Å². The van der Waals surface area contributed by atoms with Gasteiger partial charge in [-0.3, -0.25) is 0 Å². The van der Waals surface area contributed by atoms with E-state index in [-0.39, 0.29) is 11.9 Å². The molecule has 1 saturated carbocycles. The molecule has 0 saturated heterocycles. The minimum absolute atomic E-state index is 0.211. The lowest BCUT2D eigenvalue weighted by molar-refractivity contribution is 0.0811. The van der Waals surface area contributed by atoms with E-state index in [0.717, 1.165) is 18.4 Å². The summed E-state index contributed by atoms with van der Waals surface area (Å²) in [7, 11) is 0. The molecule has 0 aromatic heterocycles. The molecule has 0 aliphatic heterocycles. The van der Waals surface area contributed by atoms with Gasteiger partial charge in [0.2, 0.25) is 0 Å². The Hall–Kier alpha value is -1.09. The first-order valence-electron chi connectivity index (χ1n) is 7.17. The maximum Gasteiger partial charge on any atom is 0.127 e. The number of ether oxygens (including phenoxy) is 1. The average molecular weight is 265 g/mol. The van der Waals surface area contributed by atoms with Crippen molar-refractivity contribution in [3.63, 3.8) is 0 Å². The van der Waals surface area contributed by atoms with Crippen LogP contribution in [0.4, 0.5) is 4.39 Å². The third-order valence-electron chi connectivity index (χ3n) is 3.53. The van der Waals surface area contributed by atoms with E-state index in [2.05, 4.69) is 33.0 Å². The summed E-state index contributed by atoms with van der Waals surface area (Å²) in [6, 6.07) is 6.07. The Bertz CT molecular complexity index is 425. The van der Waals surface area contributed by atoms with Gasteiger partial charge < -0.3 is 10.1 Å². The molecule has 0 atom stereocenters. The van der Waals surface area contributed by atoms with Crippen LogP contribution in [0.1, 0.15) is 52.0 Å². The van der Waals surface area contributed by atoms with E-state index in [4.69, 9.17) is 4.74 Å². The van der Waals surface area contributed by atoms with Crippen molar-refractivity contribution in [2.24, 2.45) is 0 Å². The molecule has 0 heterocycles. The number of rotatable bonds is 5. The van der Waals surface area contributed by atoms with Gasteiger partial charge in [0.25, 0.3) is 0 Å². The first-order valence-corrected chi connectivity index (χ1v) is 7.17. The summed E-state index contributed by atoms with van der Waals surface area (Å²) in [5, 5.41) is 3.48. The van der Waals surface area contributed by atoms with Gasteiger partial charge in [0.15, 0.2) is 0 Å². The summed E-state index contributed by atoms with van der Waals surface area (Å²) in [4.78, 5) is 0. The molecule has 0 bridgehead atoms. The lowest BCUT2D eigenvalue weighted by atomic mass is 9.88. The van der Waals surface area contributed by atoms with Crippen LogP contribution in [-0.2, 0) is 0 Å². The average Bonchev–Trinajstić information content (AvgIpc) is 2.24. The molecule has 0 spiro atoms. The summed E-state index contributed by atoms with van der Waals surface area (Å²) in [5.74, 6) is 0.767. The van der Waals surface area contributed by atoms with Gasteiger partial charge in [-0.1, -0.05) is 27.7 Å². The van der Waals surface area contributed by atoms with Crippen LogP contribution >= 0.6 is 0 Å². The fourth-order valence-corrected chi connectivity index (χ4v) is 2.45. The molecule has 1 aromatic carbocycles. The molecule has 0 amide bonds. The zero-order chi connectivity index (χ0) is 14.0. The second kappa shape index (κ2) is 5.91.